The van der Waals surface area contributed by atoms with Crippen LogP contribution in [0.5, 0.6) is 0 Å². The number of nitrogen functional groups attached to an aromatic ring is 1. The lowest BCUT2D eigenvalue weighted by Gasteiger charge is -2.18. The molecule has 1 aromatic rings. The third kappa shape index (κ3) is 2.96. The molecule has 1 fully saturated rings. The summed E-state index contributed by atoms with van der Waals surface area (Å²) in [7, 11) is 0. The molecule has 1 heterocycles. The van der Waals surface area contributed by atoms with E-state index in [0.717, 1.165) is 19.4 Å². The number of nitrogens with two attached hydrogens (primary N) is 1. The highest BCUT2D eigenvalue weighted by Crippen LogP contribution is 2.31. The number of hydrogen-bond donors (Lipinski definition) is 2. The van der Waals surface area contributed by atoms with E-state index in [1.807, 2.05) is 0 Å². The Bertz CT molecular complexity index is 464. The average molecular weight is 265 g/mol. The van der Waals surface area contributed by atoms with Gasteiger partial charge in [0.1, 0.15) is 11.4 Å². The number of ether oxygens (including phenoxy) is 1. The van der Waals surface area contributed by atoms with Gasteiger partial charge in [-0.1, -0.05) is 13.0 Å². The van der Waals surface area contributed by atoms with Crippen LogP contribution in [0, 0.1) is 16.0 Å². The summed E-state index contributed by atoms with van der Waals surface area (Å²) in [5.41, 5.74) is 6.27. The Hall–Kier alpha value is -1.82. The molecule has 0 saturated carbocycles. The molecule has 0 aliphatic carbocycles. The highest BCUT2D eigenvalue weighted by atomic mass is 16.6. The zero-order valence-corrected chi connectivity index (χ0v) is 11.0. The first kappa shape index (κ1) is 13.6. The van der Waals surface area contributed by atoms with Crippen molar-refractivity contribution < 1.29 is 9.66 Å². The fourth-order valence-electron chi connectivity index (χ4n) is 2.53. The number of para-hydroxylation sites is 1. The van der Waals surface area contributed by atoms with Gasteiger partial charge in [0.25, 0.3) is 0 Å². The van der Waals surface area contributed by atoms with Gasteiger partial charge in [0.15, 0.2) is 0 Å². The number of anilines is 2. The molecule has 1 aliphatic heterocycles. The van der Waals surface area contributed by atoms with Crippen molar-refractivity contribution in [3.05, 3.63) is 28.3 Å². The van der Waals surface area contributed by atoms with Crippen molar-refractivity contribution in [2.24, 2.45) is 5.92 Å². The molecule has 6 heteroatoms. The molecular formula is C13H19N3O3. The van der Waals surface area contributed by atoms with E-state index in [2.05, 4.69) is 12.2 Å². The summed E-state index contributed by atoms with van der Waals surface area (Å²) in [6.45, 7) is 3.53. The largest absolute Gasteiger partial charge is 0.393 e. The van der Waals surface area contributed by atoms with Crippen molar-refractivity contribution in [1.29, 1.82) is 0 Å². The Kier molecular flexibility index (Phi) is 4.21. The van der Waals surface area contributed by atoms with Crippen LogP contribution >= 0.6 is 0 Å². The van der Waals surface area contributed by atoms with Crippen molar-refractivity contribution in [1.82, 2.24) is 0 Å². The first-order valence-electron chi connectivity index (χ1n) is 6.51. The molecule has 2 unspecified atom stereocenters. The van der Waals surface area contributed by atoms with Crippen molar-refractivity contribution in [3.8, 4) is 0 Å². The molecule has 0 bridgehead atoms. The molecule has 0 aromatic heterocycles. The van der Waals surface area contributed by atoms with Crippen molar-refractivity contribution >= 4 is 17.1 Å². The van der Waals surface area contributed by atoms with E-state index in [0.29, 0.717) is 18.2 Å². The molecule has 0 amide bonds. The van der Waals surface area contributed by atoms with E-state index in [9.17, 15) is 10.1 Å². The zero-order valence-electron chi connectivity index (χ0n) is 11.0. The van der Waals surface area contributed by atoms with E-state index in [-0.39, 0.29) is 17.5 Å². The summed E-state index contributed by atoms with van der Waals surface area (Å²) in [6.07, 6.45) is 2.19. The second-order valence-corrected chi connectivity index (χ2v) is 4.75. The van der Waals surface area contributed by atoms with Crippen LogP contribution < -0.4 is 11.1 Å². The fourth-order valence-corrected chi connectivity index (χ4v) is 2.53. The van der Waals surface area contributed by atoms with Crippen molar-refractivity contribution in [2.45, 2.75) is 25.9 Å². The molecule has 3 N–H and O–H groups in total. The van der Waals surface area contributed by atoms with Crippen LogP contribution in [0.2, 0.25) is 0 Å². The van der Waals surface area contributed by atoms with Gasteiger partial charge in [0.05, 0.1) is 11.0 Å². The van der Waals surface area contributed by atoms with Crippen LogP contribution in [0.1, 0.15) is 19.8 Å². The number of nitrogens with zero attached hydrogens (tertiary/aromatic N) is 1. The van der Waals surface area contributed by atoms with Crippen LogP contribution in [0.15, 0.2) is 18.2 Å². The van der Waals surface area contributed by atoms with Gasteiger partial charge in [-0.25, -0.2) is 0 Å². The fraction of sp³-hybridized carbons (Fsp3) is 0.538. The van der Waals surface area contributed by atoms with E-state index in [4.69, 9.17) is 10.5 Å². The zero-order chi connectivity index (χ0) is 13.8. The first-order valence-corrected chi connectivity index (χ1v) is 6.51. The Balaban J connectivity index is 2.07. The minimum absolute atomic E-state index is 0.0468. The Morgan fingerprint density at radius 1 is 1.58 bits per heavy atom. The number of hydrogen-bond acceptors (Lipinski definition) is 5. The Morgan fingerprint density at radius 2 is 2.37 bits per heavy atom. The molecule has 1 saturated heterocycles. The van der Waals surface area contributed by atoms with Crippen LogP contribution in [-0.4, -0.2) is 24.2 Å². The van der Waals surface area contributed by atoms with Gasteiger partial charge in [0, 0.05) is 19.1 Å². The number of rotatable bonds is 5. The van der Waals surface area contributed by atoms with Gasteiger partial charge in [-0.2, -0.15) is 0 Å². The topological polar surface area (TPSA) is 90.4 Å². The van der Waals surface area contributed by atoms with Crippen LogP contribution in [0.3, 0.4) is 0 Å². The number of nitro groups is 1. The maximum absolute atomic E-state index is 11.0. The summed E-state index contributed by atoms with van der Waals surface area (Å²) in [5.74, 6) is 0.394. The van der Waals surface area contributed by atoms with E-state index in [1.54, 1.807) is 12.1 Å². The molecule has 19 heavy (non-hydrogen) atoms. The minimum Gasteiger partial charge on any atom is -0.393 e. The molecule has 1 aromatic carbocycles. The van der Waals surface area contributed by atoms with Gasteiger partial charge in [-0.3, -0.25) is 10.1 Å². The molecule has 0 spiro atoms. The van der Waals surface area contributed by atoms with Crippen molar-refractivity contribution in [2.75, 3.05) is 24.2 Å². The summed E-state index contributed by atoms with van der Waals surface area (Å²) in [6, 6.07) is 4.94. The lowest BCUT2D eigenvalue weighted by atomic mass is 9.99. The van der Waals surface area contributed by atoms with E-state index >= 15 is 0 Å². The molecule has 0 radical (unpaired) electrons. The number of nitrogens with one attached hydrogen (secondary N) is 1. The van der Waals surface area contributed by atoms with Crippen LogP contribution in [-0.2, 0) is 4.74 Å². The average Bonchev–Trinajstić information content (AvgIpc) is 2.83. The second-order valence-electron chi connectivity index (χ2n) is 4.75. The molecule has 2 atom stereocenters. The SMILES string of the molecule is CCC1OCCC1CNc1cccc(N)c1[N+](=O)[O-]. The molecule has 104 valence electrons. The summed E-state index contributed by atoms with van der Waals surface area (Å²) < 4.78 is 5.61. The smallest absolute Gasteiger partial charge is 0.314 e. The summed E-state index contributed by atoms with van der Waals surface area (Å²) in [4.78, 5) is 10.6. The first-order chi connectivity index (χ1) is 9.13. The molecule has 1 aliphatic rings. The lowest BCUT2D eigenvalue weighted by molar-refractivity contribution is -0.383. The molecule has 6 nitrogen and oxygen atoms in total. The van der Waals surface area contributed by atoms with Gasteiger partial charge in [0.2, 0.25) is 0 Å². The number of benzene rings is 1. The maximum atomic E-state index is 11.0. The van der Waals surface area contributed by atoms with Crippen LogP contribution in [0.25, 0.3) is 0 Å². The Labute approximate surface area is 112 Å². The van der Waals surface area contributed by atoms with Crippen molar-refractivity contribution in [3.63, 3.8) is 0 Å². The third-order valence-corrected chi connectivity index (χ3v) is 3.55. The third-order valence-electron chi connectivity index (χ3n) is 3.55. The summed E-state index contributed by atoms with van der Waals surface area (Å²) in [5, 5.41) is 14.2. The standard InChI is InChI=1S/C13H19N3O3/c1-2-12-9(6-7-19-12)8-15-11-5-3-4-10(14)13(11)16(17)18/h3-5,9,12,15H,2,6-8,14H2,1H3. The predicted molar refractivity (Wildman–Crippen MR) is 74.1 cm³/mol. The predicted octanol–water partition coefficient (Wildman–Crippen LogP) is 2.40. The quantitative estimate of drug-likeness (QED) is 0.484. The highest BCUT2D eigenvalue weighted by Gasteiger charge is 2.27. The monoisotopic (exact) mass is 265 g/mol. The second kappa shape index (κ2) is 5.88. The van der Waals surface area contributed by atoms with E-state index < -0.39 is 4.92 Å². The van der Waals surface area contributed by atoms with E-state index in [1.165, 1.54) is 6.07 Å². The normalized spacial score (nSPS) is 22.4. The van der Waals surface area contributed by atoms with Gasteiger partial charge in [-0.15, -0.1) is 0 Å². The Morgan fingerprint density at radius 3 is 3.05 bits per heavy atom. The minimum atomic E-state index is -0.444. The highest BCUT2D eigenvalue weighted by molar-refractivity contribution is 5.74. The van der Waals surface area contributed by atoms with Gasteiger partial charge >= 0.3 is 5.69 Å². The summed E-state index contributed by atoms with van der Waals surface area (Å²) >= 11 is 0. The van der Waals surface area contributed by atoms with Gasteiger partial charge < -0.3 is 15.8 Å². The lowest BCUT2D eigenvalue weighted by Crippen LogP contribution is -2.23. The van der Waals surface area contributed by atoms with Crippen LogP contribution in [0.4, 0.5) is 17.1 Å². The number of nitro benzene ring substituents is 1. The molecular weight excluding hydrogens is 246 g/mol. The molecule has 2 rings (SSSR count). The maximum Gasteiger partial charge on any atom is 0.314 e. The van der Waals surface area contributed by atoms with Gasteiger partial charge in [-0.05, 0) is 25.0 Å².